The molecule has 0 saturated carbocycles. The lowest BCUT2D eigenvalue weighted by molar-refractivity contribution is -0.138. The zero-order chi connectivity index (χ0) is 32.1. The monoisotopic (exact) mass is 600 g/mol. The second-order valence-corrected chi connectivity index (χ2v) is 11.3. The summed E-state index contributed by atoms with van der Waals surface area (Å²) in [7, 11) is 1.59. The zero-order valence-corrected chi connectivity index (χ0v) is 25.8. The van der Waals surface area contributed by atoms with Gasteiger partial charge in [0.25, 0.3) is 0 Å². The van der Waals surface area contributed by atoms with Gasteiger partial charge in [0.2, 0.25) is 11.8 Å². The molecular formula is C36H41FN2O5. The average molecular weight is 601 g/mol. The Bertz CT molecular complexity index is 1480. The van der Waals surface area contributed by atoms with E-state index in [0.717, 1.165) is 12.0 Å². The van der Waals surface area contributed by atoms with Crippen LogP contribution in [-0.4, -0.2) is 48.0 Å². The standard InChI is InChI=1S/C36H41FN2O5/c1-25(2)20-21-39(35(41)23-30(16-19-36(42)43)26(3)29-9-7-10-32(22-29)44-4)24-34(40)38-31-17-13-27(14-18-31)12-15-28-8-5-6-11-33(28)37/h5-11,13-14,17-18,22,25-26,30H,16,19-21,23-24H2,1-4H3,(H,38,40)(H,42,43). The van der Waals surface area contributed by atoms with E-state index in [1.54, 1.807) is 54.5 Å². The molecular weight excluding hydrogens is 559 g/mol. The van der Waals surface area contributed by atoms with Gasteiger partial charge in [-0.1, -0.05) is 56.9 Å². The molecule has 0 heterocycles. The number of carboxylic acid groups (broad SMARTS) is 1. The number of rotatable bonds is 14. The van der Waals surface area contributed by atoms with E-state index in [1.165, 1.54) is 6.07 Å². The van der Waals surface area contributed by atoms with Crippen LogP contribution in [0.2, 0.25) is 0 Å². The van der Waals surface area contributed by atoms with Crippen LogP contribution in [0.5, 0.6) is 5.75 Å². The van der Waals surface area contributed by atoms with E-state index in [4.69, 9.17) is 4.74 Å². The molecule has 0 aliphatic heterocycles. The predicted octanol–water partition coefficient (Wildman–Crippen LogP) is 6.72. The fourth-order valence-corrected chi connectivity index (χ4v) is 4.81. The van der Waals surface area contributed by atoms with Gasteiger partial charge in [0.15, 0.2) is 0 Å². The van der Waals surface area contributed by atoms with Gasteiger partial charge in [0.05, 0.1) is 19.2 Å². The number of benzene rings is 3. The maximum Gasteiger partial charge on any atom is 0.303 e. The van der Waals surface area contributed by atoms with Gasteiger partial charge < -0.3 is 20.1 Å². The number of nitrogens with one attached hydrogen (secondary N) is 1. The first-order valence-electron chi connectivity index (χ1n) is 14.9. The highest BCUT2D eigenvalue weighted by molar-refractivity contribution is 5.94. The van der Waals surface area contributed by atoms with Gasteiger partial charge in [0.1, 0.15) is 11.6 Å². The molecule has 3 rings (SSSR count). The van der Waals surface area contributed by atoms with E-state index in [0.29, 0.717) is 41.4 Å². The van der Waals surface area contributed by atoms with Crippen molar-refractivity contribution in [2.24, 2.45) is 11.8 Å². The minimum atomic E-state index is -0.916. The van der Waals surface area contributed by atoms with Crippen LogP contribution in [0, 0.1) is 29.5 Å². The number of aliphatic carboxylic acids is 1. The number of methoxy groups -OCH3 is 1. The predicted molar refractivity (Wildman–Crippen MR) is 170 cm³/mol. The third-order valence-corrected chi connectivity index (χ3v) is 7.54. The summed E-state index contributed by atoms with van der Waals surface area (Å²) >= 11 is 0. The third-order valence-electron chi connectivity index (χ3n) is 7.54. The Kier molecular flexibility index (Phi) is 13.0. The number of carboxylic acids is 1. The van der Waals surface area contributed by atoms with Crippen LogP contribution in [0.1, 0.15) is 69.1 Å². The Hall–Kier alpha value is -4.64. The van der Waals surface area contributed by atoms with E-state index in [1.807, 2.05) is 31.2 Å². The van der Waals surface area contributed by atoms with Gasteiger partial charge in [-0.25, -0.2) is 4.39 Å². The van der Waals surface area contributed by atoms with Gasteiger partial charge in [-0.05, 0) is 84.7 Å². The van der Waals surface area contributed by atoms with E-state index >= 15 is 0 Å². The Morgan fingerprint density at radius 3 is 2.34 bits per heavy atom. The molecule has 2 unspecified atom stereocenters. The van der Waals surface area contributed by atoms with Crippen molar-refractivity contribution in [3.63, 3.8) is 0 Å². The quantitative estimate of drug-likeness (QED) is 0.200. The summed E-state index contributed by atoms with van der Waals surface area (Å²) in [5, 5.41) is 12.2. The lowest BCUT2D eigenvalue weighted by Gasteiger charge is -2.28. The second kappa shape index (κ2) is 16.9. The minimum Gasteiger partial charge on any atom is -0.497 e. The van der Waals surface area contributed by atoms with Crippen molar-refractivity contribution in [1.82, 2.24) is 4.90 Å². The summed E-state index contributed by atoms with van der Waals surface area (Å²) in [6, 6.07) is 20.8. The van der Waals surface area contributed by atoms with Crippen molar-refractivity contribution in [2.45, 2.75) is 52.4 Å². The first-order chi connectivity index (χ1) is 21.0. The van der Waals surface area contributed by atoms with Gasteiger partial charge in [-0.15, -0.1) is 0 Å². The van der Waals surface area contributed by atoms with Crippen LogP contribution < -0.4 is 10.1 Å². The van der Waals surface area contributed by atoms with Gasteiger partial charge >= 0.3 is 5.97 Å². The van der Waals surface area contributed by atoms with Crippen LogP contribution in [0.4, 0.5) is 10.1 Å². The summed E-state index contributed by atoms with van der Waals surface area (Å²) in [4.78, 5) is 39.7. The van der Waals surface area contributed by atoms with Crippen LogP contribution >= 0.6 is 0 Å². The smallest absolute Gasteiger partial charge is 0.303 e. The molecule has 3 aromatic carbocycles. The zero-order valence-electron chi connectivity index (χ0n) is 25.8. The molecule has 2 amide bonds. The fourth-order valence-electron chi connectivity index (χ4n) is 4.81. The summed E-state index contributed by atoms with van der Waals surface area (Å²) < 4.78 is 19.2. The summed E-state index contributed by atoms with van der Waals surface area (Å²) in [6.07, 6.45) is 1.11. The normalized spacial score (nSPS) is 12.0. The Morgan fingerprint density at radius 1 is 0.955 bits per heavy atom. The molecule has 2 atom stereocenters. The van der Waals surface area contributed by atoms with Gasteiger partial charge in [-0.2, -0.15) is 0 Å². The van der Waals surface area contributed by atoms with Crippen molar-refractivity contribution in [1.29, 1.82) is 0 Å². The number of ether oxygens (including phenoxy) is 1. The molecule has 0 radical (unpaired) electrons. The first-order valence-corrected chi connectivity index (χ1v) is 14.9. The molecule has 0 saturated heterocycles. The molecule has 2 N–H and O–H groups in total. The number of hydrogen-bond donors (Lipinski definition) is 2. The average Bonchev–Trinajstić information content (AvgIpc) is 3.01. The molecule has 0 aliphatic rings. The number of halogens is 1. The summed E-state index contributed by atoms with van der Waals surface area (Å²) in [6.45, 7) is 6.39. The number of anilines is 1. The van der Waals surface area contributed by atoms with Crippen LogP contribution in [0.3, 0.4) is 0 Å². The second-order valence-electron chi connectivity index (χ2n) is 11.3. The van der Waals surface area contributed by atoms with Crippen LogP contribution in [0.25, 0.3) is 0 Å². The number of carbonyl (C=O) groups is 3. The highest BCUT2D eigenvalue weighted by Crippen LogP contribution is 2.33. The van der Waals surface area contributed by atoms with Crippen LogP contribution in [0.15, 0.2) is 72.8 Å². The summed E-state index contributed by atoms with van der Waals surface area (Å²) in [5.41, 5.74) is 2.48. The Balaban J connectivity index is 1.70. The molecule has 8 heteroatoms. The number of hydrogen-bond acceptors (Lipinski definition) is 4. The highest BCUT2D eigenvalue weighted by atomic mass is 19.1. The SMILES string of the molecule is COc1cccc(C(C)C(CCC(=O)O)CC(=O)N(CCC(C)C)CC(=O)Nc2ccc(C#Cc3ccccc3F)cc2)c1. The maximum atomic E-state index is 13.8. The topological polar surface area (TPSA) is 95.9 Å². The molecule has 0 aromatic heterocycles. The highest BCUT2D eigenvalue weighted by Gasteiger charge is 2.27. The Labute approximate surface area is 259 Å². The summed E-state index contributed by atoms with van der Waals surface area (Å²) in [5.74, 6) is 4.57. The molecule has 44 heavy (non-hydrogen) atoms. The number of carbonyl (C=O) groups excluding carboxylic acids is 2. The number of nitrogens with zero attached hydrogens (tertiary/aromatic N) is 1. The lowest BCUT2D eigenvalue weighted by Crippen LogP contribution is -2.40. The molecule has 7 nitrogen and oxygen atoms in total. The van der Waals surface area contributed by atoms with E-state index in [-0.39, 0.29) is 48.9 Å². The van der Waals surface area contributed by atoms with Gasteiger partial charge in [-0.3, -0.25) is 14.4 Å². The fraction of sp³-hybridized carbons (Fsp3) is 0.361. The third kappa shape index (κ3) is 10.9. The molecule has 0 bridgehead atoms. The molecule has 232 valence electrons. The van der Waals surface area contributed by atoms with Crippen LogP contribution in [-0.2, 0) is 14.4 Å². The van der Waals surface area contributed by atoms with E-state index in [9.17, 15) is 23.9 Å². The lowest BCUT2D eigenvalue weighted by atomic mass is 9.82. The van der Waals surface area contributed by atoms with Gasteiger partial charge in [0, 0.05) is 30.6 Å². The molecule has 0 fully saturated rings. The van der Waals surface area contributed by atoms with Crippen molar-refractivity contribution >= 4 is 23.5 Å². The number of amides is 2. The van der Waals surface area contributed by atoms with Crippen molar-refractivity contribution in [2.75, 3.05) is 25.5 Å². The Morgan fingerprint density at radius 2 is 1.68 bits per heavy atom. The van der Waals surface area contributed by atoms with Crippen molar-refractivity contribution < 1.29 is 28.6 Å². The van der Waals surface area contributed by atoms with E-state index < -0.39 is 5.97 Å². The molecule has 0 spiro atoms. The van der Waals surface area contributed by atoms with E-state index in [2.05, 4.69) is 31.0 Å². The molecule has 3 aromatic rings. The first kappa shape index (κ1) is 33.9. The largest absolute Gasteiger partial charge is 0.497 e. The van der Waals surface area contributed by atoms with Crippen molar-refractivity contribution in [3.05, 3.63) is 95.3 Å². The minimum absolute atomic E-state index is 0.0562. The van der Waals surface area contributed by atoms with Crippen molar-refractivity contribution in [3.8, 4) is 17.6 Å². The molecule has 0 aliphatic carbocycles. The maximum absolute atomic E-state index is 13.8.